The van der Waals surface area contributed by atoms with Gasteiger partial charge in [-0.3, -0.25) is 4.90 Å². The van der Waals surface area contributed by atoms with E-state index in [1.54, 1.807) is 0 Å². The first-order valence-electron chi connectivity index (χ1n) is 6.38. The van der Waals surface area contributed by atoms with Gasteiger partial charge in [0.25, 0.3) is 0 Å². The van der Waals surface area contributed by atoms with Crippen LogP contribution in [0.5, 0.6) is 0 Å². The molecule has 1 aromatic heterocycles. The van der Waals surface area contributed by atoms with Gasteiger partial charge >= 0.3 is 0 Å². The molecule has 2 heterocycles. The van der Waals surface area contributed by atoms with Gasteiger partial charge < -0.3 is 4.90 Å². The predicted octanol–water partition coefficient (Wildman–Crippen LogP) is 0.259. The van der Waals surface area contributed by atoms with Gasteiger partial charge in [-0.2, -0.15) is 0 Å². The van der Waals surface area contributed by atoms with E-state index in [4.69, 9.17) is 11.6 Å². The van der Waals surface area contributed by atoms with Gasteiger partial charge in [-0.25, -0.2) is 18.1 Å². The Morgan fingerprint density at radius 3 is 2.90 bits per heavy atom. The summed E-state index contributed by atoms with van der Waals surface area (Å²) in [6.07, 6.45) is 1.39. The molecule has 0 radical (unpaired) electrons. The molecule has 1 aliphatic rings. The van der Waals surface area contributed by atoms with Gasteiger partial charge in [0.2, 0.25) is 10.0 Å². The van der Waals surface area contributed by atoms with Gasteiger partial charge in [-0.15, -0.1) is 0 Å². The molecule has 1 atom stereocenters. The van der Waals surface area contributed by atoms with Crippen LogP contribution in [-0.4, -0.2) is 69.5 Å². The van der Waals surface area contributed by atoms with Gasteiger partial charge in [-0.1, -0.05) is 11.6 Å². The molecule has 1 aliphatic heterocycles. The van der Waals surface area contributed by atoms with E-state index in [9.17, 15) is 8.42 Å². The molecule has 1 aromatic rings. The lowest BCUT2D eigenvalue weighted by atomic mass is 10.2. The summed E-state index contributed by atoms with van der Waals surface area (Å²) in [7, 11) is 0.505. The number of halogens is 1. The zero-order valence-corrected chi connectivity index (χ0v) is 13.2. The van der Waals surface area contributed by atoms with Crippen LogP contribution in [0.4, 0.5) is 0 Å². The number of hydrogen-bond donors (Lipinski definition) is 1. The summed E-state index contributed by atoms with van der Waals surface area (Å²) in [5.41, 5.74) is 0. The molecule has 0 spiro atoms. The highest BCUT2D eigenvalue weighted by Gasteiger charge is 2.24. The third-order valence-electron chi connectivity index (χ3n) is 3.50. The van der Waals surface area contributed by atoms with Crippen molar-refractivity contribution >= 4 is 21.6 Å². The number of nitrogens with zero attached hydrogens (tertiary/aromatic N) is 3. The molecule has 8 heteroatoms. The Balaban J connectivity index is 2.02. The summed E-state index contributed by atoms with van der Waals surface area (Å²) in [6.45, 7) is 3.16. The maximum atomic E-state index is 12.2. The van der Waals surface area contributed by atoms with Crippen molar-refractivity contribution in [3.8, 4) is 0 Å². The molecule has 2 rings (SSSR count). The quantitative estimate of drug-likeness (QED) is 0.807. The maximum absolute atomic E-state index is 12.2. The van der Waals surface area contributed by atoms with Crippen LogP contribution < -0.4 is 4.72 Å². The monoisotopic (exact) mass is 318 g/mol. The van der Waals surface area contributed by atoms with Crippen molar-refractivity contribution in [1.29, 1.82) is 0 Å². The molecule has 0 aliphatic carbocycles. The minimum Gasteiger partial charge on any atom is -0.303 e. The van der Waals surface area contributed by atoms with E-state index < -0.39 is 10.0 Å². The summed E-state index contributed by atoms with van der Waals surface area (Å²) < 4.78 is 27.0. The standard InChI is InChI=1S/C12H19ClN4O2S/c1-16-5-6-17(2)10(9-16)8-15-20(18,19)11-3-4-14-12(13)7-11/h3-4,7,10,15H,5-6,8-9H2,1-2H3. The van der Waals surface area contributed by atoms with Crippen molar-refractivity contribution in [2.75, 3.05) is 40.3 Å². The van der Waals surface area contributed by atoms with Crippen molar-refractivity contribution in [3.63, 3.8) is 0 Å². The highest BCUT2D eigenvalue weighted by molar-refractivity contribution is 7.89. The molecular formula is C12H19ClN4O2S. The van der Waals surface area contributed by atoms with Crippen LogP contribution in [0.1, 0.15) is 0 Å². The second-order valence-electron chi connectivity index (χ2n) is 5.06. The van der Waals surface area contributed by atoms with Crippen molar-refractivity contribution in [2.24, 2.45) is 0 Å². The number of rotatable bonds is 4. The lowest BCUT2D eigenvalue weighted by Crippen LogP contribution is -2.54. The first kappa shape index (κ1) is 15.7. The number of pyridine rings is 1. The van der Waals surface area contributed by atoms with Gasteiger partial charge in [0.15, 0.2) is 0 Å². The Morgan fingerprint density at radius 2 is 2.20 bits per heavy atom. The fourth-order valence-electron chi connectivity index (χ4n) is 2.16. The second kappa shape index (κ2) is 6.36. The number of sulfonamides is 1. The minimum absolute atomic E-state index is 0.143. The number of hydrogen-bond acceptors (Lipinski definition) is 5. The third kappa shape index (κ3) is 3.89. The first-order chi connectivity index (χ1) is 9.38. The van der Waals surface area contributed by atoms with Crippen LogP contribution in [0, 0.1) is 0 Å². The third-order valence-corrected chi connectivity index (χ3v) is 5.13. The van der Waals surface area contributed by atoms with E-state index in [0.29, 0.717) is 6.54 Å². The Bertz CT molecular complexity index is 566. The molecule has 6 nitrogen and oxygen atoms in total. The molecule has 1 saturated heterocycles. The molecule has 0 bridgehead atoms. The number of aromatic nitrogens is 1. The second-order valence-corrected chi connectivity index (χ2v) is 7.22. The van der Waals surface area contributed by atoms with Crippen molar-refractivity contribution in [2.45, 2.75) is 10.9 Å². The van der Waals surface area contributed by atoms with E-state index in [2.05, 4.69) is 19.5 Å². The fraction of sp³-hybridized carbons (Fsp3) is 0.583. The smallest absolute Gasteiger partial charge is 0.240 e. The largest absolute Gasteiger partial charge is 0.303 e. The van der Waals surface area contributed by atoms with Gasteiger partial charge in [0.1, 0.15) is 5.15 Å². The van der Waals surface area contributed by atoms with Crippen LogP contribution >= 0.6 is 11.6 Å². The highest BCUT2D eigenvalue weighted by atomic mass is 35.5. The average Bonchev–Trinajstić information content (AvgIpc) is 2.40. The molecule has 1 N–H and O–H groups in total. The normalized spacial score (nSPS) is 22.1. The van der Waals surface area contributed by atoms with E-state index in [-0.39, 0.29) is 16.1 Å². The molecule has 1 fully saturated rings. The van der Waals surface area contributed by atoms with Crippen molar-refractivity contribution < 1.29 is 8.42 Å². The topological polar surface area (TPSA) is 65.5 Å². The number of likely N-dealkylation sites (N-methyl/N-ethyl adjacent to an activating group) is 2. The van der Waals surface area contributed by atoms with E-state index in [1.165, 1.54) is 18.3 Å². The van der Waals surface area contributed by atoms with Crippen LogP contribution in [0.25, 0.3) is 0 Å². The van der Waals surface area contributed by atoms with Crippen LogP contribution in [0.2, 0.25) is 5.15 Å². The fourth-order valence-corrected chi connectivity index (χ4v) is 3.49. The lowest BCUT2D eigenvalue weighted by molar-refractivity contribution is 0.117. The Morgan fingerprint density at radius 1 is 1.45 bits per heavy atom. The minimum atomic E-state index is -3.54. The Kier molecular flexibility index (Phi) is 4.98. The first-order valence-corrected chi connectivity index (χ1v) is 8.24. The Labute approximate surface area is 124 Å². The zero-order chi connectivity index (χ0) is 14.8. The predicted molar refractivity (Wildman–Crippen MR) is 78.4 cm³/mol. The summed E-state index contributed by atoms with van der Waals surface area (Å²) in [5, 5.41) is 0.169. The molecular weight excluding hydrogens is 300 g/mol. The summed E-state index contributed by atoms with van der Waals surface area (Å²) >= 11 is 5.72. The van der Waals surface area contributed by atoms with E-state index in [0.717, 1.165) is 19.6 Å². The van der Waals surface area contributed by atoms with Crippen molar-refractivity contribution in [1.82, 2.24) is 19.5 Å². The van der Waals surface area contributed by atoms with E-state index >= 15 is 0 Å². The van der Waals surface area contributed by atoms with Crippen LogP contribution in [-0.2, 0) is 10.0 Å². The molecule has 20 heavy (non-hydrogen) atoms. The highest BCUT2D eigenvalue weighted by Crippen LogP contribution is 2.13. The summed E-state index contributed by atoms with van der Waals surface area (Å²) in [6, 6.07) is 2.95. The maximum Gasteiger partial charge on any atom is 0.240 e. The van der Waals surface area contributed by atoms with Crippen LogP contribution in [0.3, 0.4) is 0 Å². The number of piperazine rings is 1. The van der Waals surface area contributed by atoms with Gasteiger partial charge in [0, 0.05) is 38.4 Å². The zero-order valence-electron chi connectivity index (χ0n) is 11.6. The molecule has 0 saturated carbocycles. The van der Waals surface area contributed by atoms with Crippen LogP contribution in [0.15, 0.2) is 23.2 Å². The SMILES string of the molecule is CN1CCN(C)C(CNS(=O)(=O)c2ccnc(Cl)c2)C1. The van der Waals surface area contributed by atoms with Gasteiger partial charge in [0.05, 0.1) is 4.90 Å². The summed E-state index contributed by atoms with van der Waals surface area (Å²) in [5.74, 6) is 0. The molecule has 112 valence electrons. The van der Waals surface area contributed by atoms with Gasteiger partial charge in [-0.05, 0) is 26.2 Å². The number of nitrogens with one attached hydrogen (secondary N) is 1. The molecule has 0 aromatic carbocycles. The Hall–Kier alpha value is -0.730. The average molecular weight is 319 g/mol. The lowest BCUT2D eigenvalue weighted by Gasteiger charge is -2.37. The van der Waals surface area contributed by atoms with E-state index in [1.807, 2.05) is 14.1 Å². The molecule has 1 unspecified atom stereocenters. The van der Waals surface area contributed by atoms with Crippen molar-refractivity contribution in [3.05, 3.63) is 23.5 Å². The summed E-state index contributed by atoms with van der Waals surface area (Å²) in [4.78, 5) is 8.29. The molecule has 0 amide bonds.